The minimum absolute atomic E-state index is 0.724. The maximum absolute atomic E-state index is 4.59. The molecule has 0 radical (unpaired) electrons. The molecule has 0 saturated carbocycles. The van der Waals surface area contributed by atoms with E-state index in [4.69, 9.17) is 0 Å². The van der Waals surface area contributed by atoms with Gasteiger partial charge in [0.25, 0.3) is 0 Å². The van der Waals surface area contributed by atoms with Crippen molar-refractivity contribution in [3.63, 3.8) is 0 Å². The number of aromatic nitrogens is 3. The normalized spacial score (nSPS) is 11.1. The van der Waals surface area contributed by atoms with Gasteiger partial charge in [-0.25, -0.2) is 4.98 Å². The number of fused-ring (bicyclic) bond motifs is 1. The Hall–Kier alpha value is -3.02. The average molecular weight is 357 g/mol. The van der Waals surface area contributed by atoms with Crippen molar-refractivity contribution in [2.24, 2.45) is 0 Å². The quantitative estimate of drug-likeness (QED) is 0.451. The third kappa shape index (κ3) is 4.78. The van der Waals surface area contributed by atoms with E-state index in [9.17, 15) is 0 Å². The van der Waals surface area contributed by atoms with E-state index >= 15 is 0 Å². The van der Waals surface area contributed by atoms with E-state index in [-0.39, 0.29) is 0 Å². The lowest BCUT2D eigenvalue weighted by atomic mass is 10.1. The number of imidazole rings is 1. The highest BCUT2D eigenvalue weighted by Crippen LogP contribution is 2.10. The minimum atomic E-state index is 0.724. The van der Waals surface area contributed by atoms with Crippen LogP contribution >= 0.6 is 0 Å². The number of para-hydroxylation sites is 2. The third-order valence-corrected chi connectivity index (χ3v) is 4.44. The molecule has 0 aliphatic heterocycles. The molecule has 3 N–H and O–H groups in total. The number of rotatable bonds is 8. The fourth-order valence-electron chi connectivity index (χ4n) is 3.03. The van der Waals surface area contributed by atoms with Crippen molar-refractivity contribution in [1.82, 2.24) is 25.6 Å². The number of hydrogen-bond donors (Lipinski definition) is 3. The smallest absolute Gasteiger partial charge is 0.121 e. The lowest BCUT2D eigenvalue weighted by Gasteiger charge is -2.07. The number of aromatic amines is 1. The van der Waals surface area contributed by atoms with Crippen LogP contribution in [0.1, 0.15) is 22.6 Å². The second kappa shape index (κ2) is 8.58. The van der Waals surface area contributed by atoms with Gasteiger partial charge in [0.15, 0.2) is 0 Å². The SMILES string of the molecule is c1ccc(CNCc2ccc(CNCc3nc4ccccc4[nH]3)cc2)nc1. The summed E-state index contributed by atoms with van der Waals surface area (Å²) >= 11 is 0. The highest BCUT2D eigenvalue weighted by atomic mass is 15.0. The Kier molecular flexibility index (Phi) is 5.53. The van der Waals surface area contributed by atoms with Gasteiger partial charge >= 0.3 is 0 Å². The molecule has 0 spiro atoms. The Morgan fingerprint density at radius 3 is 2.11 bits per heavy atom. The fourth-order valence-corrected chi connectivity index (χ4v) is 3.03. The van der Waals surface area contributed by atoms with Crippen LogP contribution in [-0.4, -0.2) is 15.0 Å². The molecule has 27 heavy (non-hydrogen) atoms. The summed E-state index contributed by atoms with van der Waals surface area (Å²) < 4.78 is 0. The Morgan fingerprint density at radius 1 is 0.704 bits per heavy atom. The van der Waals surface area contributed by atoms with Gasteiger partial charge in [0.05, 0.1) is 23.3 Å². The van der Waals surface area contributed by atoms with Crippen molar-refractivity contribution >= 4 is 11.0 Å². The lowest BCUT2D eigenvalue weighted by Crippen LogP contribution is -2.15. The van der Waals surface area contributed by atoms with Crippen LogP contribution in [-0.2, 0) is 26.2 Å². The zero-order valence-electron chi connectivity index (χ0n) is 15.2. The van der Waals surface area contributed by atoms with E-state index < -0.39 is 0 Å². The number of pyridine rings is 1. The van der Waals surface area contributed by atoms with E-state index in [1.165, 1.54) is 11.1 Å². The topological polar surface area (TPSA) is 65.6 Å². The highest BCUT2D eigenvalue weighted by Gasteiger charge is 2.02. The van der Waals surface area contributed by atoms with E-state index in [1.807, 2.05) is 48.7 Å². The summed E-state index contributed by atoms with van der Waals surface area (Å²) in [4.78, 5) is 12.2. The molecule has 0 bridgehead atoms. The summed E-state index contributed by atoms with van der Waals surface area (Å²) in [6.45, 7) is 3.16. The van der Waals surface area contributed by atoms with Crippen LogP contribution in [0.3, 0.4) is 0 Å². The first-order valence-electron chi connectivity index (χ1n) is 9.19. The molecule has 2 heterocycles. The molecule has 0 unspecified atom stereocenters. The molecule has 2 aromatic heterocycles. The molecule has 0 saturated heterocycles. The van der Waals surface area contributed by atoms with Crippen LogP contribution < -0.4 is 10.6 Å². The maximum Gasteiger partial charge on any atom is 0.121 e. The maximum atomic E-state index is 4.59. The third-order valence-electron chi connectivity index (χ3n) is 4.44. The van der Waals surface area contributed by atoms with Gasteiger partial charge in [-0.3, -0.25) is 4.98 Å². The molecule has 0 amide bonds. The van der Waals surface area contributed by atoms with Gasteiger partial charge in [-0.1, -0.05) is 42.5 Å². The molecule has 2 aromatic carbocycles. The van der Waals surface area contributed by atoms with Crippen LogP contribution in [0.5, 0.6) is 0 Å². The average Bonchev–Trinajstić information content (AvgIpc) is 3.13. The first kappa shape index (κ1) is 17.4. The highest BCUT2D eigenvalue weighted by molar-refractivity contribution is 5.74. The first-order chi connectivity index (χ1) is 13.4. The van der Waals surface area contributed by atoms with Crippen molar-refractivity contribution in [3.05, 3.63) is 95.6 Å². The predicted molar refractivity (Wildman–Crippen MR) is 108 cm³/mol. The second-order valence-electron chi connectivity index (χ2n) is 6.55. The number of H-pyrrole nitrogens is 1. The van der Waals surface area contributed by atoms with Crippen molar-refractivity contribution in [2.75, 3.05) is 0 Å². The van der Waals surface area contributed by atoms with E-state index in [1.54, 1.807) is 0 Å². The molecule has 4 aromatic rings. The molecule has 4 rings (SSSR count). The van der Waals surface area contributed by atoms with Crippen molar-refractivity contribution in [2.45, 2.75) is 26.2 Å². The Bertz CT molecular complexity index is 943. The number of hydrogen-bond acceptors (Lipinski definition) is 4. The molecule has 0 aliphatic carbocycles. The minimum Gasteiger partial charge on any atom is -0.341 e. The summed E-state index contributed by atoms with van der Waals surface area (Å²) in [5, 5.41) is 6.87. The fraction of sp³-hybridized carbons (Fsp3) is 0.182. The van der Waals surface area contributed by atoms with Gasteiger partial charge < -0.3 is 15.6 Å². The first-order valence-corrected chi connectivity index (χ1v) is 9.19. The number of benzene rings is 2. The van der Waals surface area contributed by atoms with Crippen molar-refractivity contribution in [1.29, 1.82) is 0 Å². The van der Waals surface area contributed by atoms with Crippen molar-refractivity contribution in [3.8, 4) is 0 Å². The zero-order chi connectivity index (χ0) is 18.3. The van der Waals surface area contributed by atoms with Crippen molar-refractivity contribution < 1.29 is 0 Å². The molecule has 0 fully saturated rings. The van der Waals surface area contributed by atoms with E-state index in [2.05, 4.69) is 49.9 Å². The largest absolute Gasteiger partial charge is 0.341 e. The number of nitrogens with zero attached hydrogens (tertiary/aromatic N) is 2. The van der Waals surface area contributed by atoms with Gasteiger partial charge in [0.1, 0.15) is 5.82 Å². The summed E-state index contributed by atoms with van der Waals surface area (Å²) in [5.41, 5.74) is 5.68. The Balaban J connectivity index is 1.23. The zero-order valence-corrected chi connectivity index (χ0v) is 15.2. The van der Waals surface area contributed by atoms with Gasteiger partial charge in [-0.15, -0.1) is 0 Å². The summed E-state index contributed by atoms with van der Waals surface area (Å²) in [5.74, 6) is 0.964. The van der Waals surface area contributed by atoms with E-state index in [0.29, 0.717) is 0 Å². The Labute approximate surface area is 158 Å². The van der Waals surface area contributed by atoms with E-state index in [0.717, 1.165) is 48.7 Å². The molecular formula is C22H23N5. The van der Waals surface area contributed by atoms with Gasteiger partial charge in [-0.05, 0) is 35.4 Å². The lowest BCUT2D eigenvalue weighted by molar-refractivity contribution is 0.667. The van der Waals surface area contributed by atoms with Crippen LogP contribution in [0.15, 0.2) is 72.9 Å². The van der Waals surface area contributed by atoms with Crippen LogP contribution in [0.4, 0.5) is 0 Å². The Morgan fingerprint density at radius 2 is 1.41 bits per heavy atom. The molecule has 0 aliphatic rings. The van der Waals surface area contributed by atoms with Crippen LogP contribution in [0.25, 0.3) is 11.0 Å². The predicted octanol–water partition coefficient (Wildman–Crippen LogP) is 3.54. The summed E-state index contributed by atoms with van der Waals surface area (Å²) in [7, 11) is 0. The number of nitrogens with one attached hydrogen (secondary N) is 3. The summed E-state index contributed by atoms with van der Waals surface area (Å²) in [6, 6.07) is 22.8. The summed E-state index contributed by atoms with van der Waals surface area (Å²) in [6.07, 6.45) is 1.82. The van der Waals surface area contributed by atoms with Crippen LogP contribution in [0.2, 0.25) is 0 Å². The van der Waals surface area contributed by atoms with Gasteiger partial charge in [0, 0.05) is 25.8 Å². The molecule has 0 atom stereocenters. The molecule has 5 nitrogen and oxygen atoms in total. The molecule has 136 valence electrons. The van der Waals surface area contributed by atoms with Crippen LogP contribution in [0, 0.1) is 0 Å². The van der Waals surface area contributed by atoms with Gasteiger partial charge in [-0.2, -0.15) is 0 Å². The molecule has 5 heteroatoms. The molecular weight excluding hydrogens is 334 g/mol. The standard InChI is InChI=1S/C22H23N5/c1-2-7-21-20(6-1)26-22(27-21)16-24-14-18-10-8-17(9-11-18)13-23-15-19-5-3-4-12-25-19/h1-12,23-24H,13-16H2,(H,26,27). The van der Waals surface area contributed by atoms with Gasteiger partial charge in [0.2, 0.25) is 0 Å². The second-order valence-corrected chi connectivity index (χ2v) is 6.55. The monoisotopic (exact) mass is 357 g/mol.